The van der Waals surface area contributed by atoms with Crippen molar-refractivity contribution in [3.05, 3.63) is 58.8 Å². The second-order valence-corrected chi connectivity index (χ2v) is 7.48. The normalized spacial score (nSPS) is 12.0. The van der Waals surface area contributed by atoms with Gasteiger partial charge < -0.3 is 19.9 Å². The summed E-state index contributed by atoms with van der Waals surface area (Å²) in [4.78, 5) is 0. The monoisotopic (exact) mass is 379 g/mol. The quantitative estimate of drug-likeness (QED) is 0.389. The van der Waals surface area contributed by atoms with Gasteiger partial charge in [-0.3, -0.25) is 0 Å². The first-order valence-electron chi connectivity index (χ1n) is 9.47. The molecule has 0 saturated heterocycles. The van der Waals surface area contributed by atoms with E-state index in [4.69, 9.17) is 15.3 Å². The summed E-state index contributed by atoms with van der Waals surface area (Å²) in [5.74, 6) is 7.65. The predicted octanol–water partition coefficient (Wildman–Crippen LogP) is 4.53. The Morgan fingerprint density at radius 3 is 2.43 bits per heavy atom. The van der Waals surface area contributed by atoms with Crippen molar-refractivity contribution in [3.8, 4) is 11.5 Å². The second-order valence-electron chi connectivity index (χ2n) is 7.48. The average molecular weight is 380 g/mol. The number of hydrogen-bond acceptors (Lipinski definition) is 4. The Labute approximate surface area is 166 Å². The minimum absolute atomic E-state index is 0.307. The Morgan fingerprint density at radius 1 is 1.11 bits per heavy atom. The van der Waals surface area contributed by atoms with E-state index < -0.39 is 0 Å². The van der Waals surface area contributed by atoms with Gasteiger partial charge in [0.15, 0.2) is 0 Å². The molecule has 5 nitrogen and oxygen atoms in total. The lowest BCUT2D eigenvalue weighted by Crippen LogP contribution is -2.11. The molecule has 2 N–H and O–H groups in total. The van der Waals surface area contributed by atoms with Gasteiger partial charge in [-0.2, -0.15) is 5.10 Å². The third kappa shape index (κ3) is 3.57. The molecule has 3 rings (SSSR count). The van der Waals surface area contributed by atoms with Crippen molar-refractivity contribution in [3.63, 3.8) is 0 Å². The molecule has 0 bridgehead atoms. The van der Waals surface area contributed by atoms with Gasteiger partial charge in [-0.05, 0) is 47.7 Å². The fraction of sp³-hybridized carbons (Fsp3) is 0.348. The van der Waals surface area contributed by atoms with E-state index in [-0.39, 0.29) is 0 Å². The highest BCUT2D eigenvalue weighted by Crippen LogP contribution is 2.34. The number of benzene rings is 2. The zero-order valence-corrected chi connectivity index (χ0v) is 17.5. The fourth-order valence-corrected chi connectivity index (χ4v) is 3.75. The van der Waals surface area contributed by atoms with Crippen LogP contribution in [0.1, 0.15) is 42.0 Å². The van der Waals surface area contributed by atoms with Crippen LogP contribution in [0.4, 0.5) is 0 Å². The zero-order chi connectivity index (χ0) is 20.4. The molecule has 3 aromatic rings. The number of aromatic nitrogens is 1. The molecule has 0 saturated carbocycles. The largest absolute Gasteiger partial charge is 0.496 e. The van der Waals surface area contributed by atoms with E-state index in [2.05, 4.69) is 67.9 Å². The summed E-state index contributed by atoms with van der Waals surface area (Å²) in [6, 6.07) is 10.5. The van der Waals surface area contributed by atoms with Crippen LogP contribution in [0.5, 0.6) is 11.5 Å². The van der Waals surface area contributed by atoms with Crippen LogP contribution in [0.3, 0.4) is 0 Å². The lowest BCUT2D eigenvalue weighted by Gasteiger charge is -2.18. The average Bonchev–Trinajstić information content (AvgIpc) is 2.98. The number of fused-ring (bicyclic) bond motifs is 1. The number of methoxy groups -OCH3 is 2. The van der Waals surface area contributed by atoms with E-state index in [1.54, 1.807) is 14.2 Å². The standard InChI is InChI=1S/C23H29N3O2/c1-14(2)17-11-19(23(28-6)12-22(17)27-5)20(25-24)10-16-7-8-21-18(9-16)15(3)13-26(21)4/h7-9,11-14H,10,24H2,1-6H3. The number of hydrogen-bond donors (Lipinski definition) is 1. The number of nitrogens with zero attached hydrogens (tertiary/aromatic N) is 2. The highest BCUT2D eigenvalue weighted by atomic mass is 16.5. The first-order valence-corrected chi connectivity index (χ1v) is 9.47. The fourth-order valence-electron chi connectivity index (χ4n) is 3.75. The van der Waals surface area contributed by atoms with E-state index in [9.17, 15) is 0 Å². The Morgan fingerprint density at radius 2 is 1.82 bits per heavy atom. The summed E-state index contributed by atoms with van der Waals surface area (Å²) in [5, 5.41) is 5.37. The van der Waals surface area contributed by atoms with Crippen LogP contribution in [-0.4, -0.2) is 24.5 Å². The van der Waals surface area contributed by atoms with Gasteiger partial charge in [0.1, 0.15) is 11.5 Å². The maximum Gasteiger partial charge on any atom is 0.131 e. The van der Waals surface area contributed by atoms with Crippen molar-refractivity contribution >= 4 is 16.6 Å². The Bertz CT molecular complexity index is 1030. The van der Waals surface area contributed by atoms with E-state index >= 15 is 0 Å². The number of hydrazone groups is 1. The molecule has 0 atom stereocenters. The molecular formula is C23H29N3O2. The predicted molar refractivity (Wildman–Crippen MR) is 116 cm³/mol. The number of rotatable bonds is 6. The molecule has 148 valence electrons. The number of aryl methyl sites for hydroxylation is 2. The summed E-state index contributed by atoms with van der Waals surface area (Å²) in [5.41, 5.74) is 6.43. The minimum atomic E-state index is 0.307. The van der Waals surface area contributed by atoms with Crippen LogP contribution < -0.4 is 15.3 Å². The van der Waals surface area contributed by atoms with Crippen LogP contribution in [0.25, 0.3) is 10.9 Å². The van der Waals surface area contributed by atoms with Crippen LogP contribution in [0, 0.1) is 6.92 Å². The summed E-state index contributed by atoms with van der Waals surface area (Å²) in [6.07, 6.45) is 2.77. The van der Waals surface area contributed by atoms with Crippen molar-refractivity contribution in [1.29, 1.82) is 0 Å². The topological polar surface area (TPSA) is 61.8 Å². The molecule has 0 radical (unpaired) electrons. The molecule has 0 spiro atoms. The first kappa shape index (κ1) is 19.8. The van der Waals surface area contributed by atoms with Crippen molar-refractivity contribution in [2.24, 2.45) is 18.0 Å². The number of ether oxygens (including phenoxy) is 2. The summed E-state index contributed by atoms with van der Waals surface area (Å²) >= 11 is 0. The molecule has 0 unspecified atom stereocenters. The molecule has 5 heteroatoms. The lowest BCUT2D eigenvalue weighted by molar-refractivity contribution is 0.389. The van der Waals surface area contributed by atoms with Gasteiger partial charge in [0, 0.05) is 42.2 Å². The van der Waals surface area contributed by atoms with E-state index in [1.807, 2.05) is 6.07 Å². The third-order valence-corrected chi connectivity index (χ3v) is 5.27. The van der Waals surface area contributed by atoms with Crippen LogP contribution in [-0.2, 0) is 13.5 Å². The molecule has 0 aliphatic carbocycles. The Kier molecular flexibility index (Phi) is 5.63. The van der Waals surface area contributed by atoms with Crippen LogP contribution in [0.15, 0.2) is 41.6 Å². The highest BCUT2D eigenvalue weighted by Gasteiger charge is 2.18. The maximum atomic E-state index is 5.82. The molecule has 0 aliphatic rings. The molecular weight excluding hydrogens is 350 g/mol. The highest BCUT2D eigenvalue weighted by molar-refractivity contribution is 6.04. The van der Waals surface area contributed by atoms with E-state index in [0.29, 0.717) is 18.1 Å². The van der Waals surface area contributed by atoms with Gasteiger partial charge in [0.25, 0.3) is 0 Å². The smallest absolute Gasteiger partial charge is 0.131 e. The first-order chi connectivity index (χ1) is 13.4. The Balaban J connectivity index is 2.04. The second kappa shape index (κ2) is 7.97. The summed E-state index contributed by atoms with van der Waals surface area (Å²) in [7, 11) is 5.40. The molecule has 28 heavy (non-hydrogen) atoms. The van der Waals surface area contributed by atoms with Gasteiger partial charge in [0.05, 0.1) is 19.9 Å². The van der Waals surface area contributed by atoms with Crippen molar-refractivity contribution < 1.29 is 9.47 Å². The SMILES string of the molecule is COc1cc(OC)c(C(C)C)cc1C(Cc1ccc2c(c1)c(C)cn2C)=NN. The van der Waals surface area contributed by atoms with Gasteiger partial charge in [-0.15, -0.1) is 0 Å². The maximum absolute atomic E-state index is 5.82. The lowest BCUT2D eigenvalue weighted by atomic mass is 9.94. The summed E-state index contributed by atoms with van der Waals surface area (Å²) < 4.78 is 13.3. The molecule has 1 heterocycles. The van der Waals surface area contributed by atoms with Gasteiger partial charge in [0.2, 0.25) is 0 Å². The molecule has 2 aromatic carbocycles. The van der Waals surface area contributed by atoms with Crippen molar-refractivity contribution in [2.75, 3.05) is 14.2 Å². The molecule has 0 amide bonds. The van der Waals surface area contributed by atoms with Gasteiger partial charge in [-0.25, -0.2) is 0 Å². The van der Waals surface area contributed by atoms with Crippen LogP contribution in [0.2, 0.25) is 0 Å². The Hall–Kier alpha value is -2.95. The van der Waals surface area contributed by atoms with Gasteiger partial charge >= 0.3 is 0 Å². The number of nitrogens with two attached hydrogens (primary N) is 1. The molecule has 0 aliphatic heterocycles. The molecule has 0 fully saturated rings. The third-order valence-electron chi connectivity index (χ3n) is 5.27. The van der Waals surface area contributed by atoms with Gasteiger partial charge in [-0.1, -0.05) is 19.9 Å². The summed E-state index contributed by atoms with van der Waals surface area (Å²) in [6.45, 7) is 6.41. The van der Waals surface area contributed by atoms with E-state index in [0.717, 1.165) is 28.2 Å². The van der Waals surface area contributed by atoms with Crippen molar-refractivity contribution in [2.45, 2.75) is 33.1 Å². The van der Waals surface area contributed by atoms with E-state index in [1.165, 1.54) is 16.5 Å². The van der Waals surface area contributed by atoms with Crippen LogP contribution >= 0.6 is 0 Å². The zero-order valence-electron chi connectivity index (χ0n) is 17.5. The molecule has 1 aromatic heterocycles. The minimum Gasteiger partial charge on any atom is -0.496 e. The van der Waals surface area contributed by atoms with Crippen molar-refractivity contribution in [1.82, 2.24) is 4.57 Å².